The number of hydrogen-bond acceptors (Lipinski definition) is 6. The van der Waals surface area contributed by atoms with Crippen LogP contribution in [0.25, 0.3) is 0 Å². The Morgan fingerprint density at radius 2 is 1.71 bits per heavy atom. The maximum absolute atomic E-state index is 5.47. The van der Waals surface area contributed by atoms with Crippen molar-refractivity contribution in [3.63, 3.8) is 0 Å². The van der Waals surface area contributed by atoms with E-state index in [1.54, 1.807) is 0 Å². The second kappa shape index (κ2) is 7.66. The van der Waals surface area contributed by atoms with Gasteiger partial charge in [0.25, 0.3) is 0 Å². The molecular weight excluding hydrogens is 302 g/mol. The van der Waals surface area contributed by atoms with Crippen LogP contribution in [0, 0.1) is 5.92 Å². The molecule has 6 heteroatoms. The van der Waals surface area contributed by atoms with Crippen molar-refractivity contribution in [2.45, 2.75) is 25.7 Å². The summed E-state index contributed by atoms with van der Waals surface area (Å²) in [4.78, 5) is 16.7. The SMILES string of the molecule is c1cc(N2CCCC2)nc(N2CCN(CC3CCOCC3)CC2)n1. The van der Waals surface area contributed by atoms with Gasteiger partial charge in [0.1, 0.15) is 5.82 Å². The maximum Gasteiger partial charge on any atom is 0.227 e. The molecule has 0 aromatic carbocycles. The van der Waals surface area contributed by atoms with Gasteiger partial charge in [0.2, 0.25) is 5.95 Å². The lowest BCUT2D eigenvalue weighted by atomic mass is 9.99. The zero-order chi connectivity index (χ0) is 16.2. The molecule has 1 aromatic heterocycles. The van der Waals surface area contributed by atoms with Crippen molar-refractivity contribution < 1.29 is 4.74 Å². The van der Waals surface area contributed by atoms with E-state index in [4.69, 9.17) is 9.72 Å². The molecule has 0 radical (unpaired) electrons. The predicted octanol–water partition coefficient (Wildman–Crippen LogP) is 1.63. The van der Waals surface area contributed by atoms with E-state index in [2.05, 4.69) is 25.8 Å². The van der Waals surface area contributed by atoms with Gasteiger partial charge in [0.05, 0.1) is 0 Å². The molecule has 4 rings (SSSR count). The Balaban J connectivity index is 1.31. The van der Waals surface area contributed by atoms with Crippen molar-refractivity contribution in [3.05, 3.63) is 12.3 Å². The van der Waals surface area contributed by atoms with E-state index in [-0.39, 0.29) is 0 Å². The molecule has 0 atom stereocenters. The van der Waals surface area contributed by atoms with Crippen molar-refractivity contribution in [3.8, 4) is 0 Å². The first-order valence-electron chi connectivity index (χ1n) is 9.51. The van der Waals surface area contributed by atoms with Crippen molar-refractivity contribution in [1.29, 1.82) is 0 Å². The normalized spacial score (nSPS) is 23.8. The molecular formula is C18H29N5O. The molecule has 1 aromatic rings. The molecule has 0 amide bonds. The van der Waals surface area contributed by atoms with Crippen molar-refractivity contribution in [1.82, 2.24) is 14.9 Å². The third-order valence-corrected chi connectivity index (χ3v) is 5.57. The van der Waals surface area contributed by atoms with Crippen LogP contribution in [0.4, 0.5) is 11.8 Å². The topological polar surface area (TPSA) is 44.7 Å². The molecule has 3 fully saturated rings. The molecule has 4 heterocycles. The van der Waals surface area contributed by atoms with Crippen molar-refractivity contribution >= 4 is 11.8 Å². The molecule has 0 saturated carbocycles. The second-order valence-electron chi connectivity index (χ2n) is 7.25. The number of nitrogens with zero attached hydrogens (tertiary/aromatic N) is 5. The number of aromatic nitrogens is 2. The van der Waals surface area contributed by atoms with E-state index in [1.165, 1.54) is 32.2 Å². The minimum atomic E-state index is 0.819. The highest BCUT2D eigenvalue weighted by molar-refractivity contribution is 5.44. The molecule has 6 nitrogen and oxygen atoms in total. The summed E-state index contributed by atoms with van der Waals surface area (Å²) in [6.07, 6.45) is 6.93. The Bertz CT molecular complexity index is 520. The number of piperazine rings is 1. The van der Waals surface area contributed by atoms with Gasteiger partial charge in [-0.2, -0.15) is 4.98 Å². The minimum absolute atomic E-state index is 0.819. The summed E-state index contributed by atoms with van der Waals surface area (Å²) in [5, 5.41) is 0. The van der Waals surface area contributed by atoms with Crippen LogP contribution in [0.15, 0.2) is 12.3 Å². The maximum atomic E-state index is 5.47. The summed E-state index contributed by atoms with van der Waals surface area (Å²) in [5.74, 6) is 2.83. The van der Waals surface area contributed by atoms with Gasteiger partial charge in [-0.1, -0.05) is 0 Å². The average Bonchev–Trinajstić information content (AvgIpc) is 3.18. The smallest absolute Gasteiger partial charge is 0.227 e. The fraction of sp³-hybridized carbons (Fsp3) is 0.778. The van der Waals surface area contributed by atoms with Crippen molar-refractivity contribution in [2.75, 3.05) is 68.8 Å². The van der Waals surface area contributed by atoms with Crippen molar-refractivity contribution in [2.24, 2.45) is 5.92 Å². The highest BCUT2D eigenvalue weighted by Crippen LogP contribution is 2.21. The third kappa shape index (κ3) is 3.81. The van der Waals surface area contributed by atoms with Crippen LogP contribution in [0.2, 0.25) is 0 Å². The molecule has 0 bridgehead atoms. The molecule has 0 aliphatic carbocycles. The van der Waals surface area contributed by atoms with Crippen LogP contribution in [-0.4, -0.2) is 73.9 Å². The van der Waals surface area contributed by atoms with Gasteiger partial charge >= 0.3 is 0 Å². The van der Waals surface area contributed by atoms with Gasteiger partial charge < -0.3 is 14.5 Å². The Morgan fingerprint density at radius 1 is 0.958 bits per heavy atom. The summed E-state index contributed by atoms with van der Waals surface area (Å²) in [7, 11) is 0. The second-order valence-corrected chi connectivity index (χ2v) is 7.25. The van der Waals surface area contributed by atoms with Crippen LogP contribution in [0.1, 0.15) is 25.7 Å². The molecule has 3 saturated heterocycles. The third-order valence-electron chi connectivity index (χ3n) is 5.57. The summed E-state index contributed by atoms with van der Waals surface area (Å²) in [6.45, 7) is 9.70. The van der Waals surface area contributed by atoms with E-state index >= 15 is 0 Å². The van der Waals surface area contributed by atoms with Crippen LogP contribution in [-0.2, 0) is 4.74 Å². The molecule has 3 aliphatic rings. The monoisotopic (exact) mass is 331 g/mol. The Morgan fingerprint density at radius 3 is 2.46 bits per heavy atom. The highest BCUT2D eigenvalue weighted by atomic mass is 16.5. The average molecular weight is 331 g/mol. The standard InChI is InChI=1S/C18H29N5O/c1-2-8-22(7-1)17-3-6-19-18(20-17)23-11-9-21(10-12-23)15-16-4-13-24-14-5-16/h3,6,16H,1-2,4-5,7-15H2. The van der Waals surface area contributed by atoms with E-state index in [9.17, 15) is 0 Å². The van der Waals surface area contributed by atoms with Gasteiger partial charge in [0.15, 0.2) is 0 Å². The first-order valence-corrected chi connectivity index (χ1v) is 9.51. The van der Waals surface area contributed by atoms with E-state index < -0.39 is 0 Å². The fourth-order valence-electron chi connectivity index (χ4n) is 4.04. The summed E-state index contributed by atoms with van der Waals surface area (Å²) < 4.78 is 5.47. The lowest BCUT2D eigenvalue weighted by Crippen LogP contribution is -2.48. The predicted molar refractivity (Wildman–Crippen MR) is 95.7 cm³/mol. The van der Waals surface area contributed by atoms with Gasteiger partial charge in [0, 0.05) is 65.2 Å². The quantitative estimate of drug-likeness (QED) is 0.835. The first-order chi connectivity index (χ1) is 11.9. The Kier molecular flexibility index (Phi) is 5.13. The fourth-order valence-corrected chi connectivity index (χ4v) is 4.04. The Hall–Kier alpha value is -1.40. The van der Waals surface area contributed by atoms with Gasteiger partial charge in [-0.15, -0.1) is 0 Å². The van der Waals surface area contributed by atoms with E-state index in [0.29, 0.717) is 0 Å². The zero-order valence-electron chi connectivity index (χ0n) is 14.6. The molecule has 0 spiro atoms. The molecule has 132 valence electrons. The highest BCUT2D eigenvalue weighted by Gasteiger charge is 2.23. The van der Waals surface area contributed by atoms with Gasteiger partial charge in [-0.3, -0.25) is 4.90 Å². The molecule has 0 N–H and O–H groups in total. The van der Waals surface area contributed by atoms with Crippen LogP contribution in [0.3, 0.4) is 0 Å². The number of ether oxygens (including phenoxy) is 1. The number of rotatable bonds is 4. The van der Waals surface area contributed by atoms with Gasteiger partial charge in [-0.25, -0.2) is 4.98 Å². The minimum Gasteiger partial charge on any atom is -0.381 e. The van der Waals surface area contributed by atoms with E-state index in [0.717, 1.165) is 70.2 Å². The zero-order valence-corrected chi connectivity index (χ0v) is 14.6. The van der Waals surface area contributed by atoms with Crippen LogP contribution >= 0.6 is 0 Å². The Labute approximate surface area is 144 Å². The summed E-state index contributed by atoms with van der Waals surface area (Å²) >= 11 is 0. The lowest BCUT2D eigenvalue weighted by Gasteiger charge is -2.37. The van der Waals surface area contributed by atoms with E-state index in [1.807, 2.05) is 6.20 Å². The van der Waals surface area contributed by atoms with Crippen LogP contribution < -0.4 is 9.80 Å². The number of anilines is 2. The van der Waals surface area contributed by atoms with Gasteiger partial charge in [-0.05, 0) is 37.7 Å². The molecule has 0 unspecified atom stereocenters. The summed E-state index contributed by atoms with van der Waals surface area (Å²) in [5.41, 5.74) is 0. The lowest BCUT2D eigenvalue weighted by molar-refractivity contribution is 0.0517. The first kappa shape index (κ1) is 16.1. The molecule has 3 aliphatic heterocycles. The molecule has 24 heavy (non-hydrogen) atoms. The number of hydrogen-bond donors (Lipinski definition) is 0. The largest absolute Gasteiger partial charge is 0.381 e. The summed E-state index contributed by atoms with van der Waals surface area (Å²) in [6, 6.07) is 2.05. The van der Waals surface area contributed by atoms with Crippen LogP contribution in [0.5, 0.6) is 0 Å².